The molecule has 2 N–H and O–H groups in total. The molecular weight excluding hydrogens is 347 g/mol. The summed E-state index contributed by atoms with van der Waals surface area (Å²) in [6.45, 7) is 0.870. The standard InChI is InChI=1S/C18H16F3N3O2/c1-11-6-14-7-12(2-4-15(14)24-11)8-23-17(25)13-3-5-16(22-9-13)26-10-18(19,20)21/h2-7,9,24H,8,10H2,1H3,(H,23,25). The summed E-state index contributed by atoms with van der Waals surface area (Å²) in [5.74, 6) is -0.558. The molecule has 26 heavy (non-hydrogen) atoms. The third kappa shape index (κ3) is 4.53. The topological polar surface area (TPSA) is 67.0 Å². The lowest BCUT2D eigenvalue weighted by Gasteiger charge is -2.09. The second kappa shape index (κ2) is 7.07. The number of carbonyl (C=O) groups excluding carboxylic acids is 1. The first kappa shape index (κ1) is 17.8. The maximum absolute atomic E-state index is 12.1. The predicted molar refractivity (Wildman–Crippen MR) is 90.0 cm³/mol. The minimum absolute atomic E-state index is 0.188. The van der Waals surface area contributed by atoms with Gasteiger partial charge in [-0.3, -0.25) is 4.79 Å². The van der Waals surface area contributed by atoms with Gasteiger partial charge in [-0.1, -0.05) is 6.07 Å². The number of alkyl halides is 3. The lowest BCUT2D eigenvalue weighted by molar-refractivity contribution is -0.154. The van der Waals surface area contributed by atoms with Crippen molar-refractivity contribution >= 4 is 16.8 Å². The number of rotatable bonds is 5. The van der Waals surface area contributed by atoms with E-state index in [1.807, 2.05) is 31.2 Å². The maximum Gasteiger partial charge on any atom is 0.422 e. The molecule has 0 saturated heterocycles. The van der Waals surface area contributed by atoms with Gasteiger partial charge in [0.05, 0.1) is 5.56 Å². The van der Waals surface area contributed by atoms with E-state index in [0.29, 0.717) is 6.54 Å². The van der Waals surface area contributed by atoms with Crippen molar-refractivity contribution in [2.75, 3.05) is 6.61 Å². The largest absolute Gasteiger partial charge is 0.468 e. The van der Waals surface area contributed by atoms with E-state index in [0.717, 1.165) is 22.2 Å². The zero-order chi connectivity index (χ0) is 18.7. The summed E-state index contributed by atoms with van der Waals surface area (Å²) in [5.41, 5.74) is 3.25. The van der Waals surface area contributed by atoms with Crippen LogP contribution >= 0.6 is 0 Å². The number of aromatic nitrogens is 2. The van der Waals surface area contributed by atoms with Crippen molar-refractivity contribution in [2.24, 2.45) is 0 Å². The number of fused-ring (bicyclic) bond motifs is 1. The van der Waals surface area contributed by atoms with Crippen molar-refractivity contribution in [2.45, 2.75) is 19.6 Å². The summed E-state index contributed by atoms with van der Waals surface area (Å²) in [5, 5.41) is 3.81. The van der Waals surface area contributed by atoms with Crippen LogP contribution in [0, 0.1) is 6.92 Å². The van der Waals surface area contributed by atoms with Crippen molar-refractivity contribution in [3.8, 4) is 5.88 Å². The Kier molecular flexibility index (Phi) is 4.83. The van der Waals surface area contributed by atoms with Crippen molar-refractivity contribution < 1.29 is 22.7 Å². The van der Waals surface area contributed by atoms with Crippen molar-refractivity contribution in [3.05, 3.63) is 59.4 Å². The Morgan fingerprint density at radius 3 is 2.73 bits per heavy atom. The summed E-state index contributed by atoms with van der Waals surface area (Å²) in [4.78, 5) is 19.1. The molecule has 0 spiro atoms. The summed E-state index contributed by atoms with van der Waals surface area (Å²) >= 11 is 0. The molecule has 0 aliphatic heterocycles. The van der Waals surface area contributed by atoms with Crippen molar-refractivity contribution in [3.63, 3.8) is 0 Å². The van der Waals surface area contributed by atoms with Crippen LogP contribution in [0.3, 0.4) is 0 Å². The van der Waals surface area contributed by atoms with Crippen LogP contribution in [0.15, 0.2) is 42.6 Å². The highest BCUT2D eigenvalue weighted by atomic mass is 19.4. The summed E-state index contributed by atoms with van der Waals surface area (Å²) < 4.78 is 40.8. The molecule has 0 aliphatic carbocycles. The number of benzene rings is 1. The third-order valence-corrected chi connectivity index (χ3v) is 3.66. The normalized spacial score (nSPS) is 11.5. The molecule has 5 nitrogen and oxygen atoms in total. The number of pyridine rings is 1. The molecule has 0 radical (unpaired) electrons. The van der Waals surface area contributed by atoms with Gasteiger partial charge in [-0.25, -0.2) is 4.98 Å². The van der Waals surface area contributed by atoms with E-state index < -0.39 is 12.8 Å². The quantitative estimate of drug-likeness (QED) is 0.726. The van der Waals surface area contributed by atoms with Gasteiger partial charge in [0.25, 0.3) is 5.91 Å². The first-order valence-electron chi connectivity index (χ1n) is 7.82. The number of carbonyl (C=O) groups is 1. The van der Waals surface area contributed by atoms with E-state index in [-0.39, 0.29) is 17.4 Å². The van der Waals surface area contributed by atoms with Crippen molar-refractivity contribution in [1.82, 2.24) is 15.3 Å². The predicted octanol–water partition coefficient (Wildman–Crippen LogP) is 3.74. The summed E-state index contributed by atoms with van der Waals surface area (Å²) in [6.07, 6.45) is -3.25. The monoisotopic (exact) mass is 363 g/mol. The second-order valence-corrected chi connectivity index (χ2v) is 5.85. The average molecular weight is 363 g/mol. The fourth-order valence-electron chi connectivity index (χ4n) is 2.48. The van der Waals surface area contributed by atoms with Crippen LogP contribution < -0.4 is 10.1 Å². The highest BCUT2D eigenvalue weighted by Gasteiger charge is 2.28. The fourth-order valence-corrected chi connectivity index (χ4v) is 2.48. The Morgan fingerprint density at radius 2 is 2.04 bits per heavy atom. The maximum atomic E-state index is 12.1. The molecular formula is C18H16F3N3O2. The number of ether oxygens (including phenoxy) is 1. The van der Waals surface area contributed by atoms with E-state index in [4.69, 9.17) is 0 Å². The highest BCUT2D eigenvalue weighted by molar-refractivity contribution is 5.94. The van der Waals surface area contributed by atoms with Crippen LogP contribution in [0.1, 0.15) is 21.6 Å². The molecule has 0 saturated carbocycles. The lowest BCUT2D eigenvalue weighted by Crippen LogP contribution is -2.23. The lowest BCUT2D eigenvalue weighted by atomic mass is 10.1. The SMILES string of the molecule is Cc1cc2cc(CNC(=O)c3ccc(OCC(F)(F)F)nc3)ccc2[nH]1. The zero-order valence-electron chi connectivity index (χ0n) is 13.9. The van der Waals surface area contributed by atoms with E-state index in [1.54, 1.807) is 0 Å². The summed E-state index contributed by atoms with van der Waals surface area (Å²) in [6, 6.07) is 10.4. The molecule has 2 aromatic heterocycles. The zero-order valence-corrected chi connectivity index (χ0v) is 13.9. The molecule has 0 unspecified atom stereocenters. The molecule has 0 fully saturated rings. The Labute approximate surface area is 147 Å². The van der Waals surface area contributed by atoms with Gasteiger partial charge >= 0.3 is 6.18 Å². The number of H-pyrrole nitrogens is 1. The Balaban J connectivity index is 1.58. The molecule has 1 aromatic carbocycles. The number of aromatic amines is 1. The fraction of sp³-hybridized carbons (Fsp3) is 0.222. The molecule has 1 amide bonds. The number of aryl methyl sites for hydroxylation is 1. The van der Waals surface area contributed by atoms with E-state index in [2.05, 4.69) is 20.0 Å². The molecule has 0 aliphatic rings. The van der Waals surface area contributed by atoms with Gasteiger partial charge in [0, 0.05) is 30.0 Å². The molecule has 136 valence electrons. The third-order valence-electron chi connectivity index (χ3n) is 3.66. The minimum atomic E-state index is -4.43. The van der Waals surface area contributed by atoms with Gasteiger partial charge in [-0.05, 0) is 42.1 Å². The molecule has 3 rings (SSSR count). The molecule has 8 heteroatoms. The smallest absolute Gasteiger partial charge is 0.422 e. The van der Waals surface area contributed by atoms with Gasteiger partial charge < -0.3 is 15.0 Å². The Hall–Kier alpha value is -3.03. The number of hydrogen-bond donors (Lipinski definition) is 2. The Bertz CT molecular complexity index is 918. The van der Waals surface area contributed by atoms with Gasteiger partial charge in [0.1, 0.15) is 0 Å². The van der Waals surface area contributed by atoms with E-state index >= 15 is 0 Å². The number of halogens is 3. The minimum Gasteiger partial charge on any atom is -0.468 e. The Morgan fingerprint density at radius 1 is 1.23 bits per heavy atom. The van der Waals surface area contributed by atoms with Crippen LogP contribution in [-0.4, -0.2) is 28.7 Å². The number of nitrogens with one attached hydrogen (secondary N) is 2. The van der Waals surface area contributed by atoms with Crippen LogP contribution in [0.4, 0.5) is 13.2 Å². The van der Waals surface area contributed by atoms with Crippen LogP contribution in [0.2, 0.25) is 0 Å². The van der Waals surface area contributed by atoms with Gasteiger partial charge in [0.2, 0.25) is 5.88 Å². The molecule has 0 atom stereocenters. The van der Waals surface area contributed by atoms with Crippen LogP contribution in [0.25, 0.3) is 10.9 Å². The molecule has 3 aromatic rings. The first-order valence-corrected chi connectivity index (χ1v) is 7.82. The number of amides is 1. The van der Waals surface area contributed by atoms with E-state index in [1.165, 1.54) is 18.3 Å². The highest BCUT2D eigenvalue weighted by Crippen LogP contribution is 2.18. The van der Waals surface area contributed by atoms with Crippen LogP contribution in [0.5, 0.6) is 5.88 Å². The second-order valence-electron chi connectivity index (χ2n) is 5.85. The summed E-state index contributed by atoms with van der Waals surface area (Å²) in [7, 11) is 0. The number of hydrogen-bond acceptors (Lipinski definition) is 3. The number of nitrogens with zero attached hydrogens (tertiary/aromatic N) is 1. The van der Waals surface area contributed by atoms with Gasteiger partial charge in [-0.15, -0.1) is 0 Å². The van der Waals surface area contributed by atoms with Gasteiger partial charge in [0.15, 0.2) is 6.61 Å². The van der Waals surface area contributed by atoms with Crippen molar-refractivity contribution in [1.29, 1.82) is 0 Å². The van der Waals surface area contributed by atoms with Gasteiger partial charge in [-0.2, -0.15) is 13.2 Å². The van der Waals surface area contributed by atoms with E-state index in [9.17, 15) is 18.0 Å². The molecule has 0 bridgehead atoms. The van der Waals surface area contributed by atoms with Crippen LogP contribution in [-0.2, 0) is 6.54 Å². The average Bonchev–Trinajstić information content (AvgIpc) is 2.97. The molecule has 2 heterocycles. The first-order chi connectivity index (χ1) is 12.3.